The van der Waals surface area contributed by atoms with E-state index in [1.54, 1.807) is 0 Å². The van der Waals surface area contributed by atoms with E-state index in [0.29, 0.717) is 6.54 Å². The summed E-state index contributed by atoms with van der Waals surface area (Å²) in [6.07, 6.45) is 1.64. The molecule has 0 unspecified atom stereocenters. The molecule has 0 aromatic rings. The molecule has 1 aliphatic rings. The van der Waals surface area contributed by atoms with Gasteiger partial charge in [0, 0.05) is 12.5 Å². The molecule has 2 amide bonds. The van der Waals surface area contributed by atoms with E-state index in [2.05, 4.69) is 0 Å². The minimum absolute atomic E-state index is 0.0232. The Bertz CT molecular complexity index is 226. The van der Waals surface area contributed by atoms with Gasteiger partial charge in [0.25, 0.3) is 0 Å². The van der Waals surface area contributed by atoms with Gasteiger partial charge in [0.15, 0.2) is 5.78 Å². The highest BCUT2D eigenvalue weighted by Gasteiger charge is 2.33. The summed E-state index contributed by atoms with van der Waals surface area (Å²) in [4.78, 5) is 24.0. The highest BCUT2D eigenvalue weighted by Crippen LogP contribution is 2.20. The van der Waals surface area contributed by atoms with Crippen molar-refractivity contribution in [3.05, 3.63) is 0 Å². The summed E-state index contributed by atoms with van der Waals surface area (Å²) in [5, 5.41) is 0. The van der Waals surface area contributed by atoms with Crippen molar-refractivity contribution in [3.63, 3.8) is 0 Å². The fourth-order valence-electron chi connectivity index (χ4n) is 1.71. The molecule has 0 radical (unpaired) electrons. The quantitative estimate of drug-likeness (QED) is 0.688. The molecule has 4 nitrogen and oxygen atoms in total. The first-order valence-corrected chi connectivity index (χ1v) is 4.64. The van der Waals surface area contributed by atoms with Crippen molar-refractivity contribution in [3.8, 4) is 0 Å². The van der Waals surface area contributed by atoms with Gasteiger partial charge in [-0.1, -0.05) is 13.8 Å². The van der Waals surface area contributed by atoms with Crippen LogP contribution < -0.4 is 5.73 Å². The predicted molar refractivity (Wildman–Crippen MR) is 49.2 cm³/mol. The molecule has 0 saturated carbocycles. The standard InChI is InChI=1S/C9H16N2O2/c1-6(2)8(12)7-4-3-5-11(7)9(10)13/h6-7H,3-5H2,1-2H3,(H2,10,13)/t7-/m0/s1. The SMILES string of the molecule is CC(C)C(=O)[C@@H]1CCCN1C(N)=O. The van der Waals surface area contributed by atoms with Crippen molar-refractivity contribution in [2.75, 3.05) is 6.54 Å². The molecule has 2 N–H and O–H groups in total. The lowest BCUT2D eigenvalue weighted by Crippen LogP contribution is -2.44. The van der Waals surface area contributed by atoms with Gasteiger partial charge in [-0.3, -0.25) is 4.79 Å². The molecule has 0 bridgehead atoms. The molecule has 1 heterocycles. The number of hydrogen-bond acceptors (Lipinski definition) is 2. The maximum Gasteiger partial charge on any atom is 0.315 e. The molecule has 0 aromatic heterocycles. The fourth-order valence-corrected chi connectivity index (χ4v) is 1.71. The summed E-state index contributed by atoms with van der Waals surface area (Å²) >= 11 is 0. The van der Waals surface area contributed by atoms with E-state index in [1.165, 1.54) is 4.90 Å². The zero-order chi connectivity index (χ0) is 10.0. The van der Waals surface area contributed by atoms with E-state index in [0.717, 1.165) is 12.8 Å². The normalized spacial score (nSPS) is 22.4. The second-order valence-electron chi connectivity index (χ2n) is 3.75. The number of nitrogens with zero attached hydrogens (tertiary/aromatic N) is 1. The minimum atomic E-state index is -0.475. The average molecular weight is 184 g/mol. The van der Waals surface area contributed by atoms with Gasteiger partial charge in [0.05, 0.1) is 6.04 Å². The molecule has 1 aliphatic heterocycles. The lowest BCUT2D eigenvalue weighted by atomic mass is 10.0. The number of likely N-dealkylation sites (tertiary alicyclic amines) is 1. The van der Waals surface area contributed by atoms with Crippen LogP contribution in [0, 0.1) is 5.92 Å². The fraction of sp³-hybridized carbons (Fsp3) is 0.778. The first-order chi connectivity index (χ1) is 6.04. The van der Waals surface area contributed by atoms with Crippen molar-refractivity contribution >= 4 is 11.8 Å². The van der Waals surface area contributed by atoms with Gasteiger partial charge >= 0.3 is 6.03 Å². The molecular formula is C9H16N2O2. The summed E-state index contributed by atoms with van der Waals surface area (Å²) in [5.74, 6) is 0.0984. The lowest BCUT2D eigenvalue weighted by molar-refractivity contribution is -0.125. The Hall–Kier alpha value is -1.06. The molecule has 74 valence electrons. The van der Waals surface area contributed by atoms with E-state index in [1.807, 2.05) is 13.8 Å². The Labute approximate surface area is 78.1 Å². The van der Waals surface area contributed by atoms with Crippen LogP contribution in [0.25, 0.3) is 0 Å². The van der Waals surface area contributed by atoms with E-state index in [9.17, 15) is 9.59 Å². The third kappa shape index (κ3) is 1.99. The highest BCUT2D eigenvalue weighted by atomic mass is 16.2. The van der Waals surface area contributed by atoms with Gasteiger partial charge in [-0.2, -0.15) is 0 Å². The molecule has 1 fully saturated rings. The second-order valence-corrected chi connectivity index (χ2v) is 3.75. The lowest BCUT2D eigenvalue weighted by Gasteiger charge is -2.22. The summed E-state index contributed by atoms with van der Waals surface area (Å²) < 4.78 is 0. The zero-order valence-electron chi connectivity index (χ0n) is 8.12. The Morgan fingerprint density at radius 2 is 2.08 bits per heavy atom. The Morgan fingerprint density at radius 1 is 1.46 bits per heavy atom. The number of amides is 2. The maximum absolute atomic E-state index is 11.6. The second kappa shape index (κ2) is 3.77. The first-order valence-electron chi connectivity index (χ1n) is 4.64. The predicted octanol–water partition coefficient (Wildman–Crippen LogP) is 0.755. The third-order valence-corrected chi connectivity index (χ3v) is 2.43. The van der Waals surface area contributed by atoms with Gasteiger partial charge in [-0.15, -0.1) is 0 Å². The van der Waals surface area contributed by atoms with Crippen LogP contribution in [0.15, 0.2) is 0 Å². The number of carbonyl (C=O) groups is 2. The Morgan fingerprint density at radius 3 is 2.54 bits per heavy atom. The topological polar surface area (TPSA) is 63.4 Å². The molecule has 13 heavy (non-hydrogen) atoms. The van der Waals surface area contributed by atoms with Crippen molar-refractivity contribution in [2.24, 2.45) is 11.7 Å². The molecule has 0 spiro atoms. The molecule has 1 atom stereocenters. The van der Waals surface area contributed by atoms with E-state index in [-0.39, 0.29) is 17.7 Å². The first kappa shape index (κ1) is 10.0. The van der Waals surface area contributed by atoms with Crippen molar-refractivity contribution < 1.29 is 9.59 Å². The third-order valence-electron chi connectivity index (χ3n) is 2.43. The van der Waals surface area contributed by atoms with Crippen LogP contribution in [0.2, 0.25) is 0 Å². The maximum atomic E-state index is 11.6. The van der Waals surface area contributed by atoms with Crippen LogP contribution in [-0.4, -0.2) is 29.3 Å². The number of Topliss-reactive ketones (excluding diaryl/α,β-unsaturated/α-hetero) is 1. The summed E-state index contributed by atoms with van der Waals surface area (Å²) in [5.41, 5.74) is 5.16. The molecule has 1 rings (SSSR count). The number of hydrogen-bond donors (Lipinski definition) is 1. The minimum Gasteiger partial charge on any atom is -0.351 e. The Kier molecular flexibility index (Phi) is 2.90. The largest absolute Gasteiger partial charge is 0.351 e. The van der Waals surface area contributed by atoms with Crippen LogP contribution in [0.1, 0.15) is 26.7 Å². The van der Waals surface area contributed by atoms with Gasteiger partial charge in [-0.25, -0.2) is 4.79 Å². The number of nitrogens with two attached hydrogens (primary N) is 1. The number of primary amides is 1. The van der Waals surface area contributed by atoms with Crippen LogP contribution in [0.3, 0.4) is 0 Å². The van der Waals surface area contributed by atoms with Gasteiger partial charge in [0.2, 0.25) is 0 Å². The summed E-state index contributed by atoms with van der Waals surface area (Å²) in [6.45, 7) is 4.32. The van der Waals surface area contributed by atoms with E-state index in [4.69, 9.17) is 5.73 Å². The molecule has 4 heteroatoms. The van der Waals surface area contributed by atoms with Gasteiger partial charge < -0.3 is 10.6 Å². The smallest absolute Gasteiger partial charge is 0.315 e. The summed E-state index contributed by atoms with van der Waals surface area (Å²) in [6, 6.07) is -0.742. The number of urea groups is 1. The van der Waals surface area contributed by atoms with Gasteiger partial charge in [-0.05, 0) is 12.8 Å². The van der Waals surface area contributed by atoms with E-state index >= 15 is 0 Å². The summed E-state index contributed by atoms with van der Waals surface area (Å²) in [7, 11) is 0. The molecule has 0 aliphatic carbocycles. The number of carbonyl (C=O) groups excluding carboxylic acids is 2. The number of rotatable bonds is 2. The molecule has 1 saturated heterocycles. The van der Waals surface area contributed by atoms with E-state index < -0.39 is 6.03 Å². The monoisotopic (exact) mass is 184 g/mol. The zero-order valence-corrected chi connectivity index (χ0v) is 8.12. The van der Waals surface area contributed by atoms with Crippen LogP contribution in [0.5, 0.6) is 0 Å². The van der Waals surface area contributed by atoms with Crippen molar-refractivity contribution in [1.82, 2.24) is 4.90 Å². The van der Waals surface area contributed by atoms with Crippen LogP contribution >= 0.6 is 0 Å². The van der Waals surface area contributed by atoms with Gasteiger partial charge in [0.1, 0.15) is 0 Å². The van der Waals surface area contributed by atoms with Crippen LogP contribution in [0.4, 0.5) is 4.79 Å². The number of ketones is 1. The molecule has 0 aromatic carbocycles. The van der Waals surface area contributed by atoms with Crippen molar-refractivity contribution in [2.45, 2.75) is 32.7 Å². The van der Waals surface area contributed by atoms with Crippen LogP contribution in [-0.2, 0) is 4.79 Å². The average Bonchev–Trinajstić information content (AvgIpc) is 2.50. The highest BCUT2D eigenvalue weighted by molar-refractivity contribution is 5.89. The van der Waals surface area contributed by atoms with Crippen molar-refractivity contribution in [1.29, 1.82) is 0 Å². The molecular weight excluding hydrogens is 168 g/mol. The Balaban J connectivity index is 2.68.